The van der Waals surface area contributed by atoms with Gasteiger partial charge in [-0.05, 0) is 31.0 Å². The Morgan fingerprint density at radius 3 is 2.73 bits per heavy atom. The van der Waals surface area contributed by atoms with Gasteiger partial charge in [0.25, 0.3) is 0 Å². The minimum atomic E-state index is -0.0163. The summed E-state index contributed by atoms with van der Waals surface area (Å²) in [4.78, 5) is 8.36. The van der Waals surface area contributed by atoms with Gasteiger partial charge in [-0.25, -0.2) is 4.98 Å². The van der Waals surface area contributed by atoms with Gasteiger partial charge >= 0.3 is 0 Å². The Balaban J connectivity index is 2.07. The second-order valence-corrected chi connectivity index (χ2v) is 4.52. The zero-order chi connectivity index (χ0) is 10.7. The molecule has 0 fully saturated rings. The van der Waals surface area contributed by atoms with Crippen LogP contribution in [0.4, 0.5) is 0 Å². The van der Waals surface area contributed by atoms with Gasteiger partial charge in [0.15, 0.2) is 0 Å². The lowest BCUT2D eigenvalue weighted by Crippen LogP contribution is -2.13. The number of aryl methyl sites for hydroxylation is 1. The maximum absolute atomic E-state index is 6.06. The van der Waals surface area contributed by atoms with Crippen LogP contribution in [0.2, 0.25) is 0 Å². The second kappa shape index (κ2) is 4.51. The summed E-state index contributed by atoms with van der Waals surface area (Å²) >= 11 is 1.64. The quantitative estimate of drug-likeness (QED) is 0.860. The Bertz CT molecular complexity index is 424. The summed E-state index contributed by atoms with van der Waals surface area (Å²) in [6, 6.07) is 3.95. The van der Waals surface area contributed by atoms with Crippen molar-refractivity contribution in [2.45, 2.75) is 19.4 Å². The number of hydrogen-bond acceptors (Lipinski definition) is 4. The molecule has 0 amide bonds. The molecule has 0 aliphatic carbocycles. The monoisotopic (exact) mass is 219 g/mol. The van der Waals surface area contributed by atoms with E-state index in [-0.39, 0.29) is 6.04 Å². The Kier molecular flexibility index (Phi) is 3.08. The van der Waals surface area contributed by atoms with E-state index < -0.39 is 0 Å². The average molecular weight is 219 g/mol. The average Bonchev–Trinajstić information content (AvgIpc) is 2.66. The molecule has 78 valence electrons. The molecule has 2 rings (SSSR count). The first-order valence-corrected chi connectivity index (χ1v) is 5.70. The Morgan fingerprint density at radius 2 is 2.13 bits per heavy atom. The highest BCUT2D eigenvalue weighted by molar-refractivity contribution is 7.09. The van der Waals surface area contributed by atoms with Crippen LogP contribution in [0.1, 0.15) is 22.3 Å². The molecule has 0 bridgehead atoms. The SMILES string of the molecule is Cc1nc(C(N)Cc2ccncc2)cs1. The third kappa shape index (κ3) is 2.61. The minimum absolute atomic E-state index is 0.0163. The van der Waals surface area contributed by atoms with Crippen LogP contribution < -0.4 is 5.73 Å². The summed E-state index contributed by atoms with van der Waals surface area (Å²) in [6.07, 6.45) is 4.38. The van der Waals surface area contributed by atoms with Crippen molar-refractivity contribution in [1.29, 1.82) is 0 Å². The molecule has 0 spiro atoms. The van der Waals surface area contributed by atoms with Gasteiger partial charge in [0.1, 0.15) is 0 Å². The van der Waals surface area contributed by atoms with Gasteiger partial charge in [-0.2, -0.15) is 0 Å². The van der Waals surface area contributed by atoms with Gasteiger partial charge in [-0.1, -0.05) is 0 Å². The fraction of sp³-hybridized carbons (Fsp3) is 0.273. The van der Waals surface area contributed by atoms with Gasteiger partial charge in [0.2, 0.25) is 0 Å². The van der Waals surface area contributed by atoms with Crippen LogP contribution >= 0.6 is 11.3 Å². The van der Waals surface area contributed by atoms with Crippen molar-refractivity contribution < 1.29 is 0 Å². The molecule has 2 aromatic heterocycles. The predicted molar refractivity (Wildman–Crippen MR) is 61.7 cm³/mol. The minimum Gasteiger partial charge on any atom is -0.322 e. The molecule has 0 saturated carbocycles. The fourth-order valence-electron chi connectivity index (χ4n) is 1.43. The molecule has 0 aromatic carbocycles. The number of thiazole rings is 1. The molecule has 0 saturated heterocycles. The fourth-order valence-corrected chi connectivity index (χ4v) is 2.10. The molecule has 1 atom stereocenters. The second-order valence-electron chi connectivity index (χ2n) is 3.46. The largest absolute Gasteiger partial charge is 0.322 e. The van der Waals surface area contributed by atoms with Crippen LogP contribution in [0.25, 0.3) is 0 Å². The Morgan fingerprint density at radius 1 is 1.40 bits per heavy atom. The van der Waals surface area contributed by atoms with E-state index in [1.54, 1.807) is 23.7 Å². The number of nitrogens with two attached hydrogens (primary N) is 1. The van der Waals surface area contributed by atoms with Gasteiger partial charge in [0, 0.05) is 17.8 Å². The third-order valence-corrected chi connectivity index (χ3v) is 3.01. The summed E-state index contributed by atoms with van der Waals surface area (Å²) in [5.74, 6) is 0. The number of nitrogens with zero attached hydrogens (tertiary/aromatic N) is 2. The summed E-state index contributed by atoms with van der Waals surface area (Å²) in [6.45, 7) is 1.99. The van der Waals surface area contributed by atoms with Crippen LogP contribution in [0.5, 0.6) is 0 Å². The zero-order valence-electron chi connectivity index (χ0n) is 8.55. The van der Waals surface area contributed by atoms with E-state index in [2.05, 4.69) is 9.97 Å². The summed E-state index contributed by atoms with van der Waals surface area (Å²) in [7, 11) is 0. The first kappa shape index (κ1) is 10.3. The molecule has 2 N–H and O–H groups in total. The summed E-state index contributed by atoms with van der Waals surface area (Å²) in [5, 5.41) is 3.09. The van der Waals surface area contributed by atoms with E-state index in [4.69, 9.17) is 5.73 Å². The lowest BCUT2D eigenvalue weighted by Gasteiger charge is -2.08. The molecule has 1 unspecified atom stereocenters. The van der Waals surface area contributed by atoms with Gasteiger partial charge < -0.3 is 5.73 Å². The molecular formula is C11H13N3S. The van der Waals surface area contributed by atoms with E-state index >= 15 is 0 Å². The highest BCUT2D eigenvalue weighted by atomic mass is 32.1. The molecule has 2 heterocycles. The topological polar surface area (TPSA) is 51.8 Å². The van der Waals surface area contributed by atoms with Crippen LogP contribution in [-0.2, 0) is 6.42 Å². The first-order chi connectivity index (χ1) is 7.25. The highest BCUT2D eigenvalue weighted by Crippen LogP contribution is 2.17. The first-order valence-electron chi connectivity index (χ1n) is 4.82. The number of rotatable bonds is 3. The summed E-state index contributed by atoms with van der Waals surface area (Å²) in [5.41, 5.74) is 8.24. The normalized spacial score (nSPS) is 12.7. The molecule has 0 radical (unpaired) electrons. The smallest absolute Gasteiger partial charge is 0.0898 e. The molecular weight excluding hydrogens is 206 g/mol. The van der Waals surface area contributed by atoms with Gasteiger partial charge in [-0.15, -0.1) is 11.3 Å². The third-order valence-electron chi connectivity index (χ3n) is 2.22. The van der Waals surface area contributed by atoms with Crippen molar-refractivity contribution in [3.8, 4) is 0 Å². The molecule has 0 aliphatic heterocycles. The van der Waals surface area contributed by atoms with Crippen molar-refractivity contribution in [2.24, 2.45) is 5.73 Å². The number of pyridine rings is 1. The Labute approximate surface area is 93.0 Å². The van der Waals surface area contributed by atoms with Crippen molar-refractivity contribution in [3.05, 3.63) is 46.2 Å². The molecule has 3 nitrogen and oxygen atoms in total. The van der Waals surface area contributed by atoms with E-state index in [9.17, 15) is 0 Å². The van der Waals surface area contributed by atoms with Gasteiger partial charge in [0.05, 0.1) is 16.7 Å². The Hall–Kier alpha value is -1.26. The number of hydrogen-bond donors (Lipinski definition) is 1. The van der Waals surface area contributed by atoms with Crippen molar-refractivity contribution in [2.75, 3.05) is 0 Å². The number of aromatic nitrogens is 2. The molecule has 4 heteroatoms. The van der Waals surface area contributed by atoms with Crippen LogP contribution in [-0.4, -0.2) is 9.97 Å². The lowest BCUT2D eigenvalue weighted by atomic mass is 10.1. The molecule has 0 aliphatic rings. The predicted octanol–water partition coefficient (Wildman–Crippen LogP) is 2.09. The van der Waals surface area contributed by atoms with Crippen LogP contribution in [0.15, 0.2) is 29.9 Å². The zero-order valence-corrected chi connectivity index (χ0v) is 9.37. The van der Waals surface area contributed by atoms with E-state index in [0.29, 0.717) is 0 Å². The van der Waals surface area contributed by atoms with Crippen molar-refractivity contribution in [3.63, 3.8) is 0 Å². The van der Waals surface area contributed by atoms with E-state index in [0.717, 1.165) is 17.1 Å². The van der Waals surface area contributed by atoms with E-state index in [1.165, 1.54) is 5.56 Å². The van der Waals surface area contributed by atoms with E-state index in [1.807, 2.05) is 24.4 Å². The van der Waals surface area contributed by atoms with Crippen LogP contribution in [0, 0.1) is 6.92 Å². The van der Waals surface area contributed by atoms with Gasteiger partial charge in [-0.3, -0.25) is 4.98 Å². The maximum Gasteiger partial charge on any atom is 0.0898 e. The molecule has 2 aromatic rings. The standard InChI is InChI=1S/C11H13N3S/c1-8-14-11(7-15-8)10(12)6-9-2-4-13-5-3-9/h2-5,7,10H,6,12H2,1H3. The van der Waals surface area contributed by atoms with Crippen LogP contribution in [0.3, 0.4) is 0 Å². The summed E-state index contributed by atoms with van der Waals surface area (Å²) < 4.78 is 0. The lowest BCUT2D eigenvalue weighted by molar-refractivity contribution is 0.699. The maximum atomic E-state index is 6.06. The highest BCUT2D eigenvalue weighted by Gasteiger charge is 2.09. The van der Waals surface area contributed by atoms with Crippen molar-refractivity contribution in [1.82, 2.24) is 9.97 Å². The van der Waals surface area contributed by atoms with Crippen molar-refractivity contribution >= 4 is 11.3 Å². The molecule has 15 heavy (non-hydrogen) atoms.